The summed E-state index contributed by atoms with van der Waals surface area (Å²) in [6, 6.07) is 10.2. The van der Waals surface area contributed by atoms with Crippen molar-refractivity contribution in [3.05, 3.63) is 58.5 Å². The molecular formula is C21H17Cl2N3O4. The quantitative estimate of drug-likeness (QED) is 0.579. The molecule has 0 radical (unpaired) electrons. The minimum atomic E-state index is -0.550. The van der Waals surface area contributed by atoms with Gasteiger partial charge in [0.25, 0.3) is 5.91 Å². The first-order valence-electron chi connectivity index (χ1n) is 9.20. The van der Waals surface area contributed by atoms with Crippen LogP contribution in [0.15, 0.2) is 47.0 Å². The van der Waals surface area contributed by atoms with Crippen LogP contribution in [0.1, 0.15) is 19.2 Å². The Kier molecular flexibility index (Phi) is 5.65. The first kappa shape index (κ1) is 20.3. The van der Waals surface area contributed by atoms with E-state index in [1.807, 2.05) is 0 Å². The van der Waals surface area contributed by atoms with Gasteiger partial charge in [-0.2, -0.15) is 0 Å². The number of nitrogens with zero attached hydrogens (tertiary/aromatic N) is 1. The molecule has 2 N–H and O–H groups in total. The van der Waals surface area contributed by atoms with Crippen LogP contribution < -0.4 is 15.4 Å². The molecule has 1 aromatic heterocycles. The Morgan fingerprint density at radius 1 is 1.23 bits per heavy atom. The van der Waals surface area contributed by atoms with Gasteiger partial charge in [-0.15, -0.1) is 0 Å². The monoisotopic (exact) mass is 445 g/mol. The SMILES string of the molecule is CC1Oc2ccc(NC(=O)CCc3ncc(-c4ccc(Cl)cc4Cl)o3)cc2NC1=O. The van der Waals surface area contributed by atoms with Crippen LogP contribution in [0, 0.1) is 0 Å². The summed E-state index contributed by atoms with van der Waals surface area (Å²) in [7, 11) is 0. The predicted molar refractivity (Wildman–Crippen MR) is 114 cm³/mol. The highest BCUT2D eigenvalue weighted by atomic mass is 35.5. The van der Waals surface area contributed by atoms with Crippen molar-refractivity contribution in [1.82, 2.24) is 4.98 Å². The number of halogens is 2. The van der Waals surface area contributed by atoms with Crippen molar-refractivity contribution in [2.45, 2.75) is 25.9 Å². The molecule has 0 spiro atoms. The van der Waals surface area contributed by atoms with Gasteiger partial charge in [-0.25, -0.2) is 4.98 Å². The third kappa shape index (κ3) is 4.42. The van der Waals surface area contributed by atoms with Gasteiger partial charge in [0.1, 0.15) is 5.75 Å². The second-order valence-electron chi connectivity index (χ2n) is 6.75. The molecular weight excluding hydrogens is 429 g/mol. The van der Waals surface area contributed by atoms with Crippen LogP contribution in [0.4, 0.5) is 11.4 Å². The molecule has 7 nitrogen and oxygen atoms in total. The molecule has 9 heteroatoms. The molecule has 0 fully saturated rings. The van der Waals surface area contributed by atoms with E-state index in [0.29, 0.717) is 50.8 Å². The molecule has 30 heavy (non-hydrogen) atoms. The van der Waals surface area contributed by atoms with E-state index in [9.17, 15) is 9.59 Å². The number of nitrogens with one attached hydrogen (secondary N) is 2. The maximum Gasteiger partial charge on any atom is 0.265 e. The molecule has 0 bridgehead atoms. The van der Waals surface area contributed by atoms with Crippen molar-refractivity contribution in [2.75, 3.05) is 10.6 Å². The standard InChI is InChI=1S/C21H17Cl2N3O4/c1-11-21(28)26-16-9-13(3-5-17(16)29-11)25-19(27)6-7-20-24-10-18(30-20)14-4-2-12(22)8-15(14)23/h2-5,8-11H,6-7H2,1H3,(H,25,27)(H,26,28). The molecule has 0 aliphatic carbocycles. The van der Waals surface area contributed by atoms with Crippen LogP contribution in [0.25, 0.3) is 11.3 Å². The minimum absolute atomic E-state index is 0.172. The van der Waals surface area contributed by atoms with Crippen molar-refractivity contribution in [2.24, 2.45) is 0 Å². The van der Waals surface area contributed by atoms with Crippen molar-refractivity contribution in [1.29, 1.82) is 0 Å². The molecule has 154 valence electrons. The summed E-state index contributed by atoms with van der Waals surface area (Å²) in [5.41, 5.74) is 1.75. The summed E-state index contributed by atoms with van der Waals surface area (Å²) >= 11 is 12.1. The van der Waals surface area contributed by atoms with Crippen LogP contribution in [0.2, 0.25) is 10.0 Å². The van der Waals surface area contributed by atoms with Crippen LogP contribution in [-0.2, 0) is 16.0 Å². The molecule has 2 heterocycles. The lowest BCUT2D eigenvalue weighted by Crippen LogP contribution is -2.34. The van der Waals surface area contributed by atoms with E-state index in [4.69, 9.17) is 32.4 Å². The van der Waals surface area contributed by atoms with Gasteiger partial charge >= 0.3 is 0 Å². The third-order valence-corrected chi connectivity index (χ3v) is 5.06. The number of rotatable bonds is 5. The number of aromatic nitrogens is 1. The van der Waals surface area contributed by atoms with Gasteiger partial charge in [-0.3, -0.25) is 9.59 Å². The van der Waals surface area contributed by atoms with Crippen molar-refractivity contribution in [3.63, 3.8) is 0 Å². The van der Waals surface area contributed by atoms with Gasteiger partial charge in [0, 0.05) is 29.1 Å². The second kappa shape index (κ2) is 8.38. The van der Waals surface area contributed by atoms with E-state index in [0.717, 1.165) is 0 Å². The fourth-order valence-electron chi connectivity index (χ4n) is 2.97. The predicted octanol–water partition coefficient (Wildman–Crippen LogP) is 4.94. The molecule has 2 aromatic carbocycles. The van der Waals surface area contributed by atoms with Gasteiger partial charge in [-0.05, 0) is 43.3 Å². The average molecular weight is 446 g/mol. The summed E-state index contributed by atoms with van der Waals surface area (Å²) in [5.74, 6) is 1.05. The largest absolute Gasteiger partial charge is 0.479 e. The highest BCUT2D eigenvalue weighted by molar-refractivity contribution is 6.36. The van der Waals surface area contributed by atoms with E-state index in [1.54, 1.807) is 49.5 Å². The highest BCUT2D eigenvalue weighted by Gasteiger charge is 2.23. The van der Waals surface area contributed by atoms with Crippen LogP contribution in [0.5, 0.6) is 5.75 Å². The fraction of sp³-hybridized carbons (Fsp3) is 0.190. The van der Waals surface area contributed by atoms with Gasteiger partial charge < -0.3 is 19.8 Å². The van der Waals surface area contributed by atoms with Crippen molar-refractivity contribution < 1.29 is 18.7 Å². The Hall–Kier alpha value is -3.03. The number of oxazole rings is 1. The topological polar surface area (TPSA) is 93.5 Å². The molecule has 0 saturated carbocycles. The minimum Gasteiger partial charge on any atom is -0.479 e. The van der Waals surface area contributed by atoms with E-state index in [1.165, 1.54) is 0 Å². The number of carbonyl (C=O) groups excluding carboxylic acids is 2. The van der Waals surface area contributed by atoms with Gasteiger partial charge in [0.05, 0.1) is 16.9 Å². The molecule has 2 amide bonds. The molecule has 1 unspecified atom stereocenters. The maximum absolute atomic E-state index is 12.3. The van der Waals surface area contributed by atoms with Gasteiger partial charge in [0.15, 0.2) is 17.8 Å². The number of hydrogen-bond donors (Lipinski definition) is 2. The number of amides is 2. The molecule has 3 aromatic rings. The Labute approximate surface area is 182 Å². The summed E-state index contributed by atoms with van der Waals surface area (Å²) < 4.78 is 11.2. The second-order valence-corrected chi connectivity index (χ2v) is 7.59. The van der Waals surface area contributed by atoms with Crippen LogP contribution >= 0.6 is 23.2 Å². The van der Waals surface area contributed by atoms with Crippen molar-refractivity contribution in [3.8, 4) is 17.1 Å². The number of aryl methyl sites for hydroxylation is 1. The van der Waals surface area contributed by atoms with Gasteiger partial charge in [-0.1, -0.05) is 23.2 Å². The normalized spacial score (nSPS) is 15.2. The Balaban J connectivity index is 1.36. The molecule has 0 saturated heterocycles. The number of hydrogen-bond acceptors (Lipinski definition) is 5. The van der Waals surface area contributed by atoms with Gasteiger partial charge in [0.2, 0.25) is 5.91 Å². The molecule has 1 aliphatic rings. The molecule has 1 atom stereocenters. The highest BCUT2D eigenvalue weighted by Crippen LogP contribution is 2.33. The Morgan fingerprint density at radius 3 is 2.87 bits per heavy atom. The molecule has 4 rings (SSSR count). The van der Waals surface area contributed by atoms with E-state index in [-0.39, 0.29) is 18.2 Å². The third-order valence-electron chi connectivity index (χ3n) is 4.51. The summed E-state index contributed by atoms with van der Waals surface area (Å²) in [5, 5.41) is 6.53. The number of benzene rings is 2. The zero-order valence-corrected chi connectivity index (χ0v) is 17.4. The van der Waals surface area contributed by atoms with Crippen molar-refractivity contribution >= 4 is 46.4 Å². The van der Waals surface area contributed by atoms with E-state index >= 15 is 0 Å². The summed E-state index contributed by atoms with van der Waals surface area (Å²) in [6.07, 6.45) is 1.51. The molecule has 1 aliphatic heterocycles. The summed E-state index contributed by atoms with van der Waals surface area (Å²) in [4.78, 5) is 28.2. The number of ether oxygens (including phenoxy) is 1. The average Bonchev–Trinajstić information content (AvgIpc) is 3.16. The first-order valence-corrected chi connectivity index (χ1v) is 9.96. The maximum atomic E-state index is 12.3. The fourth-order valence-corrected chi connectivity index (χ4v) is 3.47. The zero-order valence-electron chi connectivity index (χ0n) is 15.9. The first-order chi connectivity index (χ1) is 14.4. The van der Waals surface area contributed by atoms with E-state index < -0.39 is 6.10 Å². The number of anilines is 2. The van der Waals surface area contributed by atoms with Crippen LogP contribution in [-0.4, -0.2) is 22.9 Å². The number of carbonyl (C=O) groups is 2. The lowest BCUT2D eigenvalue weighted by atomic mass is 10.2. The van der Waals surface area contributed by atoms with E-state index in [2.05, 4.69) is 15.6 Å². The van der Waals surface area contributed by atoms with Crippen LogP contribution in [0.3, 0.4) is 0 Å². The summed E-state index contributed by atoms with van der Waals surface area (Å²) in [6.45, 7) is 1.67. The zero-order chi connectivity index (χ0) is 21.3. The Morgan fingerprint density at radius 2 is 2.07 bits per heavy atom. The lowest BCUT2D eigenvalue weighted by Gasteiger charge is -2.23. The Bertz CT molecular complexity index is 1130. The lowest BCUT2D eigenvalue weighted by molar-refractivity contribution is -0.122. The number of fused-ring (bicyclic) bond motifs is 1. The smallest absolute Gasteiger partial charge is 0.265 e.